The number of nitrogens with zero attached hydrogens (tertiary/aromatic N) is 3. The van der Waals surface area contributed by atoms with Gasteiger partial charge in [0.1, 0.15) is 23.3 Å². The Bertz CT molecular complexity index is 992. The maximum Gasteiger partial charge on any atom is 0.214 e. The van der Waals surface area contributed by atoms with E-state index < -0.39 is 11.9 Å². The number of hydrogen-bond acceptors (Lipinski definition) is 5. The maximum absolute atomic E-state index is 14.5. The van der Waals surface area contributed by atoms with E-state index in [0.29, 0.717) is 17.8 Å². The minimum Gasteiger partial charge on any atom is -0.364 e. The van der Waals surface area contributed by atoms with Gasteiger partial charge in [-0.2, -0.15) is 5.10 Å². The van der Waals surface area contributed by atoms with Crippen LogP contribution in [0.25, 0.3) is 16.9 Å². The van der Waals surface area contributed by atoms with Crippen LogP contribution in [0, 0.1) is 5.82 Å². The molecule has 1 unspecified atom stereocenters. The quantitative estimate of drug-likeness (QED) is 0.543. The van der Waals surface area contributed by atoms with E-state index in [2.05, 4.69) is 10.1 Å². The number of halogens is 1. The van der Waals surface area contributed by atoms with E-state index in [-0.39, 0.29) is 28.5 Å². The number of carbonyl (C=O) groups is 2. The van der Waals surface area contributed by atoms with Gasteiger partial charge in [0.15, 0.2) is 11.4 Å². The third-order valence-corrected chi connectivity index (χ3v) is 3.88. The Morgan fingerprint density at radius 1 is 1.33 bits per heavy atom. The van der Waals surface area contributed by atoms with Crippen molar-refractivity contribution < 1.29 is 18.7 Å². The molecule has 3 heterocycles. The van der Waals surface area contributed by atoms with E-state index in [9.17, 15) is 14.0 Å². The average molecular weight is 325 g/mol. The molecule has 0 amide bonds. The lowest BCUT2D eigenvalue weighted by Gasteiger charge is -2.07. The Morgan fingerprint density at radius 3 is 2.83 bits per heavy atom. The van der Waals surface area contributed by atoms with Gasteiger partial charge in [-0.1, -0.05) is 0 Å². The van der Waals surface area contributed by atoms with Crippen LogP contribution in [0.2, 0.25) is 0 Å². The number of aromatic nitrogens is 3. The average Bonchev–Trinajstić information content (AvgIpc) is 3.35. The zero-order valence-corrected chi connectivity index (χ0v) is 12.7. The van der Waals surface area contributed by atoms with Gasteiger partial charge in [0.2, 0.25) is 5.78 Å². The number of hydrogen-bond donors (Lipinski definition) is 0. The molecule has 0 aliphatic carbocycles. The summed E-state index contributed by atoms with van der Waals surface area (Å²) in [6.07, 6.45) is 0.972. The predicted molar refractivity (Wildman–Crippen MR) is 82.5 cm³/mol. The number of ketones is 2. The van der Waals surface area contributed by atoms with Crippen LogP contribution in [0.15, 0.2) is 36.5 Å². The number of ether oxygens (including phenoxy) is 1. The van der Waals surface area contributed by atoms with Crippen LogP contribution in [-0.4, -0.2) is 38.9 Å². The summed E-state index contributed by atoms with van der Waals surface area (Å²) in [6.45, 7) is 1.73. The fourth-order valence-corrected chi connectivity index (χ4v) is 2.58. The second-order valence-electron chi connectivity index (χ2n) is 5.54. The van der Waals surface area contributed by atoms with Gasteiger partial charge in [0.25, 0.3) is 0 Å². The molecule has 0 N–H and O–H groups in total. The van der Waals surface area contributed by atoms with Crippen LogP contribution in [-0.2, 0) is 4.74 Å². The largest absolute Gasteiger partial charge is 0.364 e. The van der Waals surface area contributed by atoms with E-state index in [1.165, 1.54) is 35.8 Å². The molecule has 120 valence electrons. The highest BCUT2D eigenvalue weighted by atomic mass is 19.1. The van der Waals surface area contributed by atoms with E-state index in [0.717, 1.165) is 0 Å². The molecule has 4 rings (SSSR count). The van der Waals surface area contributed by atoms with Crippen molar-refractivity contribution >= 4 is 17.2 Å². The predicted octanol–water partition coefficient (Wildman–Crippen LogP) is 2.32. The molecule has 0 spiro atoms. The Labute approximate surface area is 135 Å². The van der Waals surface area contributed by atoms with Gasteiger partial charge in [0.05, 0.1) is 6.61 Å². The number of carbonyl (C=O) groups excluding carboxylic acids is 2. The van der Waals surface area contributed by atoms with Crippen molar-refractivity contribution in [1.82, 2.24) is 14.6 Å². The van der Waals surface area contributed by atoms with Crippen LogP contribution in [0.5, 0.6) is 0 Å². The van der Waals surface area contributed by atoms with Crippen molar-refractivity contribution in [2.45, 2.75) is 13.0 Å². The first-order valence-corrected chi connectivity index (χ1v) is 7.36. The molecular weight excluding hydrogens is 313 g/mol. The van der Waals surface area contributed by atoms with Gasteiger partial charge in [-0.05, 0) is 37.3 Å². The molecule has 1 aliphatic heterocycles. The standard InChI is InChI=1S/C17H12FN3O3/c1-9(22)10-4-5-12(18)11(7-10)16-15(17(23)13-8-24-13)20-14-3-2-6-19-21(14)16/h2-7,13H,8H2,1H3. The van der Waals surface area contributed by atoms with E-state index >= 15 is 0 Å². The highest BCUT2D eigenvalue weighted by Crippen LogP contribution is 2.30. The van der Waals surface area contributed by atoms with E-state index in [1.54, 1.807) is 12.1 Å². The number of rotatable bonds is 4. The summed E-state index contributed by atoms with van der Waals surface area (Å²) in [5.74, 6) is -1.07. The fraction of sp³-hybridized carbons (Fsp3) is 0.176. The number of fused-ring (bicyclic) bond motifs is 1. The van der Waals surface area contributed by atoms with Crippen molar-refractivity contribution in [3.8, 4) is 11.3 Å². The van der Waals surface area contributed by atoms with Gasteiger partial charge in [-0.25, -0.2) is 13.9 Å². The Kier molecular flexibility index (Phi) is 3.24. The summed E-state index contributed by atoms with van der Waals surface area (Å²) in [7, 11) is 0. The van der Waals surface area contributed by atoms with Gasteiger partial charge in [-0.15, -0.1) is 0 Å². The van der Waals surface area contributed by atoms with Crippen LogP contribution >= 0.6 is 0 Å². The summed E-state index contributed by atoms with van der Waals surface area (Å²) >= 11 is 0. The minimum atomic E-state index is -0.557. The molecule has 7 heteroatoms. The van der Waals surface area contributed by atoms with Crippen LogP contribution < -0.4 is 0 Å². The van der Waals surface area contributed by atoms with Gasteiger partial charge >= 0.3 is 0 Å². The zero-order valence-electron chi connectivity index (χ0n) is 12.7. The smallest absolute Gasteiger partial charge is 0.214 e. The van der Waals surface area contributed by atoms with Crippen molar-refractivity contribution in [3.05, 3.63) is 53.6 Å². The van der Waals surface area contributed by atoms with Crippen molar-refractivity contribution in [2.24, 2.45) is 0 Å². The van der Waals surface area contributed by atoms with E-state index in [4.69, 9.17) is 4.74 Å². The van der Waals surface area contributed by atoms with Crippen molar-refractivity contribution in [3.63, 3.8) is 0 Å². The lowest BCUT2D eigenvalue weighted by molar-refractivity contribution is 0.0949. The Morgan fingerprint density at radius 2 is 2.12 bits per heavy atom. The van der Waals surface area contributed by atoms with Crippen LogP contribution in [0.1, 0.15) is 27.8 Å². The SMILES string of the molecule is CC(=O)c1ccc(F)c(-c2c(C(=O)C3CO3)nc3cccnn23)c1. The third kappa shape index (κ3) is 2.30. The lowest BCUT2D eigenvalue weighted by Crippen LogP contribution is -2.10. The molecule has 24 heavy (non-hydrogen) atoms. The number of epoxide rings is 1. The van der Waals surface area contributed by atoms with Crippen molar-refractivity contribution in [2.75, 3.05) is 6.61 Å². The molecule has 1 atom stereocenters. The minimum absolute atomic E-state index is 0.0933. The monoisotopic (exact) mass is 325 g/mol. The highest BCUT2D eigenvalue weighted by molar-refractivity contribution is 6.05. The zero-order chi connectivity index (χ0) is 16.8. The third-order valence-electron chi connectivity index (χ3n) is 3.88. The molecule has 0 saturated carbocycles. The topological polar surface area (TPSA) is 76.9 Å². The Balaban J connectivity index is 2.01. The second kappa shape index (κ2) is 5.31. The molecule has 6 nitrogen and oxygen atoms in total. The first-order valence-electron chi connectivity index (χ1n) is 7.36. The molecule has 1 aliphatic rings. The van der Waals surface area contributed by atoms with Gasteiger partial charge < -0.3 is 4.74 Å². The summed E-state index contributed by atoms with van der Waals surface area (Å²) < 4.78 is 20.9. The van der Waals surface area contributed by atoms with E-state index in [1.807, 2.05) is 0 Å². The molecule has 2 aromatic heterocycles. The Hall–Kier alpha value is -2.93. The summed E-state index contributed by atoms with van der Waals surface area (Å²) in [5, 5.41) is 4.17. The second-order valence-corrected chi connectivity index (χ2v) is 5.54. The molecule has 0 bridgehead atoms. The molecule has 1 saturated heterocycles. The maximum atomic E-state index is 14.5. The fourth-order valence-electron chi connectivity index (χ4n) is 2.58. The van der Waals surface area contributed by atoms with Crippen molar-refractivity contribution in [1.29, 1.82) is 0 Å². The van der Waals surface area contributed by atoms with Crippen LogP contribution in [0.3, 0.4) is 0 Å². The lowest BCUT2D eigenvalue weighted by atomic mass is 10.0. The molecule has 0 radical (unpaired) electrons. The molecule has 3 aromatic rings. The van der Waals surface area contributed by atoms with Crippen LogP contribution in [0.4, 0.5) is 4.39 Å². The summed E-state index contributed by atoms with van der Waals surface area (Å²) in [6, 6.07) is 7.38. The molecular formula is C17H12FN3O3. The number of benzene rings is 1. The first kappa shape index (κ1) is 14.6. The first-order chi connectivity index (χ1) is 11.6. The number of imidazole rings is 1. The van der Waals surface area contributed by atoms with Gasteiger partial charge in [0, 0.05) is 17.3 Å². The van der Waals surface area contributed by atoms with Gasteiger partial charge in [-0.3, -0.25) is 9.59 Å². The highest BCUT2D eigenvalue weighted by Gasteiger charge is 2.36. The number of Topliss-reactive ketones (excluding diaryl/α,β-unsaturated/α-hetero) is 2. The summed E-state index contributed by atoms with van der Waals surface area (Å²) in [4.78, 5) is 28.4. The molecule has 1 fully saturated rings. The summed E-state index contributed by atoms with van der Waals surface area (Å²) in [5.41, 5.74) is 1.20. The molecule has 1 aromatic carbocycles. The normalized spacial score (nSPS) is 16.3.